The van der Waals surface area contributed by atoms with Crippen LogP contribution in [0, 0.1) is 13.8 Å². The fraction of sp³-hybridized carbons (Fsp3) is 0.133. The van der Waals surface area contributed by atoms with Crippen LogP contribution in [-0.2, 0) is 0 Å². The highest BCUT2D eigenvalue weighted by molar-refractivity contribution is 9.10. The van der Waals surface area contributed by atoms with Gasteiger partial charge in [-0.25, -0.2) is 0 Å². The Hall–Kier alpha value is -1.12. The molecule has 0 fully saturated rings. The van der Waals surface area contributed by atoms with Crippen LogP contribution in [0.25, 0.3) is 0 Å². The zero-order valence-corrected chi connectivity index (χ0v) is 12.5. The summed E-state index contributed by atoms with van der Waals surface area (Å²) in [4.78, 5) is 12.5. The number of benzene rings is 2. The highest BCUT2D eigenvalue weighted by Gasteiger charge is 2.15. The average molecular weight is 324 g/mol. The first-order valence-corrected chi connectivity index (χ1v) is 6.73. The monoisotopic (exact) mass is 322 g/mol. The van der Waals surface area contributed by atoms with Crippen LogP contribution in [0.5, 0.6) is 0 Å². The van der Waals surface area contributed by atoms with E-state index in [1.807, 2.05) is 32.0 Å². The number of hydrogen-bond acceptors (Lipinski definition) is 1. The van der Waals surface area contributed by atoms with E-state index in [0.29, 0.717) is 10.6 Å². The van der Waals surface area contributed by atoms with Gasteiger partial charge in [0, 0.05) is 20.6 Å². The van der Waals surface area contributed by atoms with Gasteiger partial charge in [-0.15, -0.1) is 0 Å². The molecule has 0 amide bonds. The Morgan fingerprint density at radius 3 is 2.44 bits per heavy atom. The average Bonchev–Trinajstić information content (AvgIpc) is 2.31. The number of halogens is 2. The van der Waals surface area contributed by atoms with Gasteiger partial charge < -0.3 is 0 Å². The van der Waals surface area contributed by atoms with E-state index in [1.165, 1.54) is 0 Å². The summed E-state index contributed by atoms with van der Waals surface area (Å²) in [5.74, 6) is 0.0136. The summed E-state index contributed by atoms with van der Waals surface area (Å²) in [7, 11) is 0. The number of aryl methyl sites for hydroxylation is 2. The van der Waals surface area contributed by atoms with E-state index in [4.69, 9.17) is 11.6 Å². The molecule has 0 aliphatic heterocycles. The summed E-state index contributed by atoms with van der Waals surface area (Å²) in [6.07, 6.45) is 0. The van der Waals surface area contributed by atoms with Gasteiger partial charge >= 0.3 is 0 Å². The molecular formula is C15H12BrClO. The summed E-state index contributed by atoms with van der Waals surface area (Å²) >= 11 is 9.27. The Morgan fingerprint density at radius 2 is 1.78 bits per heavy atom. The lowest BCUT2D eigenvalue weighted by molar-refractivity contribution is 0.103. The van der Waals surface area contributed by atoms with E-state index >= 15 is 0 Å². The van der Waals surface area contributed by atoms with Crippen LogP contribution < -0.4 is 0 Å². The number of carbonyl (C=O) groups excluding carboxylic acids is 1. The maximum absolute atomic E-state index is 12.5. The van der Waals surface area contributed by atoms with Crippen molar-refractivity contribution in [2.24, 2.45) is 0 Å². The molecule has 0 saturated heterocycles. The van der Waals surface area contributed by atoms with Gasteiger partial charge in [-0.3, -0.25) is 4.79 Å². The van der Waals surface area contributed by atoms with Gasteiger partial charge in [0.2, 0.25) is 0 Å². The molecule has 0 spiro atoms. The number of carbonyl (C=O) groups is 1. The summed E-state index contributed by atoms with van der Waals surface area (Å²) in [5, 5.41) is 0.611. The van der Waals surface area contributed by atoms with Gasteiger partial charge in [-0.2, -0.15) is 0 Å². The fourth-order valence-corrected chi connectivity index (χ4v) is 2.66. The standard InChI is InChI=1S/C15H12BrClO/c1-9-3-4-10(2)13(7-9)15(18)12-6-5-11(17)8-14(12)16/h3-8H,1-2H3. The van der Waals surface area contributed by atoms with Gasteiger partial charge in [-0.05, 0) is 59.6 Å². The van der Waals surface area contributed by atoms with Gasteiger partial charge in [-0.1, -0.05) is 29.3 Å². The zero-order valence-electron chi connectivity index (χ0n) is 10.1. The minimum Gasteiger partial charge on any atom is -0.289 e. The quantitative estimate of drug-likeness (QED) is 0.715. The molecule has 0 unspecified atom stereocenters. The van der Waals surface area contributed by atoms with Crippen molar-refractivity contribution >= 4 is 33.3 Å². The first kappa shape index (κ1) is 13.3. The fourth-order valence-electron chi connectivity index (χ4n) is 1.80. The molecule has 2 rings (SSSR count). The Kier molecular flexibility index (Phi) is 3.88. The summed E-state index contributed by atoms with van der Waals surface area (Å²) in [5.41, 5.74) is 3.42. The molecule has 0 heterocycles. The van der Waals surface area contributed by atoms with E-state index in [0.717, 1.165) is 21.2 Å². The summed E-state index contributed by atoms with van der Waals surface area (Å²) in [6.45, 7) is 3.92. The van der Waals surface area contributed by atoms with Crippen LogP contribution in [-0.4, -0.2) is 5.78 Å². The van der Waals surface area contributed by atoms with Crippen molar-refractivity contribution in [3.63, 3.8) is 0 Å². The van der Waals surface area contributed by atoms with Crippen LogP contribution >= 0.6 is 27.5 Å². The molecule has 0 aliphatic rings. The van der Waals surface area contributed by atoms with E-state index in [9.17, 15) is 4.79 Å². The lowest BCUT2D eigenvalue weighted by atomic mass is 9.97. The minimum absolute atomic E-state index is 0.0136. The van der Waals surface area contributed by atoms with Crippen LogP contribution in [0.3, 0.4) is 0 Å². The van der Waals surface area contributed by atoms with E-state index in [1.54, 1.807) is 18.2 Å². The predicted molar refractivity (Wildman–Crippen MR) is 78.5 cm³/mol. The largest absolute Gasteiger partial charge is 0.289 e. The smallest absolute Gasteiger partial charge is 0.194 e. The Labute approximate surface area is 120 Å². The van der Waals surface area contributed by atoms with Crippen molar-refractivity contribution in [2.45, 2.75) is 13.8 Å². The van der Waals surface area contributed by atoms with Crippen LogP contribution in [0.4, 0.5) is 0 Å². The van der Waals surface area contributed by atoms with Gasteiger partial charge in [0.25, 0.3) is 0 Å². The highest BCUT2D eigenvalue weighted by atomic mass is 79.9. The molecule has 3 heteroatoms. The lowest BCUT2D eigenvalue weighted by Gasteiger charge is -2.08. The van der Waals surface area contributed by atoms with Gasteiger partial charge in [0.05, 0.1) is 0 Å². The van der Waals surface area contributed by atoms with Crippen molar-refractivity contribution in [3.05, 3.63) is 68.1 Å². The predicted octanol–water partition coefficient (Wildman–Crippen LogP) is 4.95. The SMILES string of the molecule is Cc1ccc(C)c(C(=O)c2ccc(Cl)cc2Br)c1. The van der Waals surface area contributed by atoms with Crippen LogP contribution in [0.15, 0.2) is 40.9 Å². The Bertz CT molecular complexity index is 620. The van der Waals surface area contributed by atoms with Gasteiger partial charge in [0.15, 0.2) is 5.78 Å². The Morgan fingerprint density at radius 1 is 1.06 bits per heavy atom. The number of rotatable bonds is 2. The molecule has 0 bridgehead atoms. The third-order valence-corrected chi connectivity index (χ3v) is 3.70. The molecule has 2 aromatic rings. The second kappa shape index (κ2) is 5.25. The van der Waals surface area contributed by atoms with Crippen molar-refractivity contribution in [1.29, 1.82) is 0 Å². The maximum Gasteiger partial charge on any atom is 0.194 e. The topological polar surface area (TPSA) is 17.1 Å². The number of hydrogen-bond donors (Lipinski definition) is 0. The molecule has 1 nitrogen and oxygen atoms in total. The summed E-state index contributed by atoms with van der Waals surface area (Å²) in [6, 6.07) is 11.1. The molecule has 0 N–H and O–H groups in total. The molecule has 0 radical (unpaired) electrons. The maximum atomic E-state index is 12.5. The van der Waals surface area contributed by atoms with Crippen LogP contribution in [0.2, 0.25) is 5.02 Å². The molecule has 0 aromatic heterocycles. The molecule has 0 atom stereocenters. The van der Waals surface area contributed by atoms with Crippen molar-refractivity contribution in [1.82, 2.24) is 0 Å². The molecule has 92 valence electrons. The molecule has 2 aromatic carbocycles. The first-order chi connectivity index (χ1) is 8.49. The minimum atomic E-state index is 0.0136. The lowest BCUT2D eigenvalue weighted by Crippen LogP contribution is -2.05. The molecule has 0 saturated carbocycles. The first-order valence-electron chi connectivity index (χ1n) is 5.56. The van der Waals surface area contributed by atoms with Crippen molar-refractivity contribution < 1.29 is 4.79 Å². The van der Waals surface area contributed by atoms with Crippen LogP contribution in [0.1, 0.15) is 27.0 Å². The molecular weight excluding hydrogens is 312 g/mol. The second-order valence-corrected chi connectivity index (χ2v) is 5.56. The van der Waals surface area contributed by atoms with E-state index < -0.39 is 0 Å². The molecule has 18 heavy (non-hydrogen) atoms. The third-order valence-electron chi connectivity index (χ3n) is 2.81. The normalized spacial score (nSPS) is 10.4. The number of ketones is 1. The van der Waals surface area contributed by atoms with E-state index in [-0.39, 0.29) is 5.78 Å². The molecule has 0 aliphatic carbocycles. The highest BCUT2D eigenvalue weighted by Crippen LogP contribution is 2.25. The van der Waals surface area contributed by atoms with Crippen molar-refractivity contribution in [2.75, 3.05) is 0 Å². The third kappa shape index (κ3) is 2.65. The van der Waals surface area contributed by atoms with Crippen molar-refractivity contribution in [3.8, 4) is 0 Å². The van der Waals surface area contributed by atoms with Gasteiger partial charge in [0.1, 0.15) is 0 Å². The second-order valence-electron chi connectivity index (χ2n) is 4.27. The summed E-state index contributed by atoms with van der Waals surface area (Å²) < 4.78 is 0.723. The zero-order chi connectivity index (χ0) is 13.3. The Balaban J connectivity index is 2.51. The van der Waals surface area contributed by atoms with E-state index in [2.05, 4.69) is 15.9 Å².